The third-order valence-electron chi connectivity index (χ3n) is 14.7. The molecule has 3 N–H and O–H groups in total. The van der Waals surface area contributed by atoms with Gasteiger partial charge in [-0.1, -0.05) is 264 Å². The molecule has 0 spiro atoms. The Labute approximate surface area is 516 Å². The normalized spacial score (nSPS) is 14.3. The zero-order valence-electron chi connectivity index (χ0n) is 54.1. The van der Waals surface area contributed by atoms with Gasteiger partial charge in [0.05, 0.1) is 26.4 Å². The second kappa shape index (κ2) is 60.5. The van der Waals surface area contributed by atoms with Crippen molar-refractivity contribution < 1.29 is 80.2 Å². The van der Waals surface area contributed by atoms with Crippen LogP contribution in [-0.2, 0) is 65.4 Å². The molecule has 0 aliphatic carbocycles. The molecule has 5 atom stereocenters. The first-order valence-corrected chi connectivity index (χ1v) is 37.1. The fraction of sp³-hybridized carbons (Fsp3) is 0.879. The molecule has 0 saturated carbocycles. The molecule has 85 heavy (non-hydrogen) atoms. The number of esters is 4. The second-order valence-corrected chi connectivity index (χ2v) is 26.1. The van der Waals surface area contributed by atoms with E-state index in [-0.39, 0.29) is 25.7 Å². The lowest BCUT2D eigenvalue weighted by molar-refractivity contribution is -0.161. The zero-order chi connectivity index (χ0) is 62.6. The van der Waals surface area contributed by atoms with Crippen molar-refractivity contribution in [3.05, 3.63) is 24.3 Å². The molecule has 19 heteroatoms. The summed E-state index contributed by atoms with van der Waals surface area (Å²) in [4.78, 5) is 71.7. The first-order valence-electron chi connectivity index (χ1n) is 34.1. The van der Waals surface area contributed by atoms with Crippen LogP contribution in [0, 0.1) is 0 Å². The van der Waals surface area contributed by atoms with Crippen LogP contribution in [-0.4, -0.2) is 96.7 Å². The molecule has 0 aromatic rings. The van der Waals surface area contributed by atoms with Gasteiger partial charge in [-0.2, -0.15) is 0 Å². The van der Waals surface area contributed by atoms with Crippen molar-refractivity contribution in [3.8, 4) is 0 Å². The maximum atomic E-state index is 13.0. The molecular formula is C66H124O17P2. The van der Waals surface area contributed by atoms with Gasteiger partial charge in [0.2, 0.25) is 0 Å². The fourth-order valence-corrected chi connectivity index (χ4v) is 11.0. The van der Waals surface area contributed by atoms with Crippen LogP contribution < -0.4 is 0 Å². The average molecular weight is 1250 g/mol. The molecule has 0 aliphatic rings. The summed E-state index contributed by atoms with van der Waals surface area (Å²) in [7, 11) is -9.88. The van der Waals surface area contributed by atoms with E-state index in [0.29, 0.717) is 25.7 Å². The van der Waals surface area contributed by atoms with E-state index >= 15 is 0 Å². The van der Waals surface area contributed by atoms with E-state index < -0.39 is 97.5 Å². The highest BCUT2D eigenvalue weighted by Gasteiger charge is 2.30. The number of unbranched alkanes of at least 4 members (excludes halogenated alkanes) is 36. The van der Waals surface area contributed by atoms with Gasteiger partial charge in [-0.05, 0) is 51.4 Å². The molecule has 0 heterocycles. The number of aliphatic hydroxyl groups excluding tert-OH is 1. The van der Waals surface area contributed by atoms with Crippen LogP contribution in [0.5, 0.6) is 0 Å². The van der Waals surface area contributed by atoms with Gasteiger partial charge in [0, 0.05) is 25.7 Å². The number of carbonyl (C=O) groups is 4. The number of phosphoric ester groups is 2. The summed E-state index contributed by atoms with van der Waals surface area (Å²) in [5.74, 6) is -2.18. The third-order valence-corrected chi connectivity index (χ3v) is 16.6. The van der Waals surface area contributed by atoms with E-state index in [2.05, 4.69) is 52.0 Å². The minimum atomic E-state index is -4.95. The standard InChI is InChI=1S/C66H124O17P2/c1-5-9-13-17-19-21-23-25-27-28-29-30-31-33-35-37-39-41-45-49-53-66(71)83-62(57-77-64(69)51-47-44-40-38-36-34-32-26-24-22-20-18-14-10-6-2)59-81-85(74,75)79-55-60(67)54-78-84(72,73)80-58-61(82-65(70)52-48-43-16-12-8-4)56-76-63(68)50-46-42-15-11-7-3/h22,24,26,32,60-62,67H,5-21,23,25,27-31,33-59H2,1-4H3,(H,72,73)(H,74,75)/b24-22-,32-26-/t60-,61+,62+/m0/s1. The van der Waals surface area contributed by atoms with E-state index in [1.165, 1.54) is 122 Å². The van der Waals surface area contributed by atoms with Crippen LogP contribution in [0.2, 0.25) is 0 Å². The summed E-state index contributed by atoms with van der Waals surface area (Å²) in [5.41, 5.74) is 0. The lowest BCUT2D eigenvalue weighted by Crippen LogP contribution is -2.30. The van der Waals surface area contributed by atoms with Gasteiger partial charge >= 0.3 is 39.5 Å². The highest BCUT2D eigenvalue weighted by molar-refractivity contribution is 7.47. The summed E-state index contributed by atoms with van der Waals surface area (Å²) >= 11 is 0. The maximum Gasteiger partial charge on any atom is 0.472 e. The Balaban J connectivity index is 5.10. The largest absolute Gasteiger partial charge is 0.472 e. The summed E-state index contributed by atoms with van der Waals surface area (Å²) in [6, 6.07) is 0. The Morgan fingerprint density at radius 1 is 0.329 bits per heavy atom. The number of carbonyl (C=O) groups excluding carboxylic acids is 4. The Kier molecular flexibility index (Phi) is 58.7. The van der Waals surface area contributed by atoms with Crippen molar-refractivity contribution in [1.29, 1.82) is 0 Å². The summed E-state index contributed by atoms with van der Waals surface area (Å²) < 4.78 is 67.6. The minimum absolute atomic E-state index is 0.0968. The van der Waals surface area contributed by atoms with Crippen LogP contribution in [0.1, 0.15) is 317 Å². The Morgan fingerprint density at radius 3 is 0.859 bits per heavy atom. The number of aliphatic hydroxyl groups is 1. The fourth-order valence-electron chi connectivity index (χ4n) is 9.45. The summed E-state index contributed by atoms with van der Waals surface area (Å²) in [6.45, 7) is 4.65. The van der Waals surface area contributed by atoms with Crippen molar-refractivity contribution in [3.63, 3.8) is 0 Å². The van der Waals surface area contributed by atoms with Crippen molar-refractivity contribution >= 4 is 39.5 Å². The van der Waals surface area contributed by atoms with E-state index in [4.69, 9.17) is 37.0 Å². The van der Waals surface area contributed by atoms with Crippen LogP contribution in [0.4, 0.5) is 0 Å². The number of rotatable bonds is 65. The number of phosphoric acid groups is 2. The van der Waals surface area contributed by atoms with Gasteiger partial charge in [-0.25, -0.2) is 9.13 Å². The van der Waals surface area contributed by atoms with E-state index in [1.54, 1.807) is 0 Å². The Hall–Kier alpha value is -2.46. The molecule has 0 saturated heterocycles. The topological polar surface area (TPSA) is 237 Å². The molecule has 0 aliphatic heterocycles. The van der Waals surface area contributed by atoms with Gasteiger partial charge in [0.25, 0.3) is 0 Å². The van der Waals surface area contributed by atoms with Crippen LogP contribution in [0.3, 0.4) is 0 Å². The van der Waals surface area contributed by atoms with Gasteiger partial charge in [-0.3, -0.25) is 37.3 Å². The lowest BCUT2D eigenvalue weighted by Gasteiger charge is -2.21. The van der Waals surface area contributed by atoms with E-state index in [0.717, 1.165) is 116 Å². The first kappa shape index (κ1) is 82.5. The third kappa shape index (κ3) is 60.2. The highest BCUT2D eigenvalue weighted by atomic mass is 31.2. The lowest BCUT2D eigenvalue weighted by atomic mass is 10.0. The maximum absolute atomic E-state index is 13.0. The number of allylic oxidation sites excluding steroid dienone is 4. The quantitative estimate of drug-likeness (QED) is 0.0169. The molecular weight excluding hydrogens is 1130 g/mol. The summed E-state index contributed by atoms with van der Waals surface area (Å²) in [5, 5.41) is 10.5. The average Bonchev–Trinajstić information content (AvgIpc) is 3.51. The van der Waals surface area contributed by atoms with Crippen molar-refractivity contribution in [1.82, 2.24) is 0 Å². The van der Waals surface area contributed by atoms with Crippen molar-refractivity contribution in [2.24, 2.45) is 0 Å². The van der Waals surface area contributed by atoms with Crippen molar-refractivity contribution in [2.45, 2.75) is 335 Å². The SMILES string of the molecule is CCCCCC/C=C\C=C/CCCCCCCC(=O)OC[C@H](COP(=O)(O)OC[C@@H](O)COP(=O)(O)OC[C@@H](COC(=O)CCCCCCC)OC(=O)CCCCCCC)OC(=O)CCCCCCCCCCCCCCCCCCCCCC. The number of hydrogen-bond donors (Lipinski definition) is 3. The Morgan fingerprint density at radius 2 is 0.565 bits per heavy atom. The minimum Gasteiger partial charge on any atom is -0.462 e. The van der Waals surface area contributed by atoms with Gasteiger partial charge in [-0.15, -0.1) is 0 Å². The molecule has 17 nitrogen and oxygen atoms in total. The number of hydrogen-bond acceptors (Lipinski definition) is 15. The van der Waals surface area contributed by atoms with Crippen LogP contribution >= 0.6 is 15.6 Å². The molecule has 0 aromatic carbocycles. The highest BCUT2D eigenvalue weighted by Crippen LogP contribution is 2.45. The Bertz CT molecular complexity index is 1730. The van der Waals surface area contributed by atoms with E-state index in [1.807, 2.05) is 0 Å². The molecule has 0 fully saturated rings. The molecule has 500 valence electrons. The molecule has 0 amide bonds. The van der Waals surface area contributed by atoms with Gasteiger partial charge in [0.15, 0.2) is 12.2 Å². The van der Waals surface area contributed by atoms with E-state index in [9.17, 15) is 43.2 Å². The molecule has 2 unspecified atom stereocenters. The monoisotopic (exact) mass is 1250 g/mol. The van der Waals surface area contributed by atoms with Crippen molar-refractivity contribution in [2.75, 3.05) is 39.6 Å². The molecule has 0 aromatic heterocycles. The smallest absolute Gasteiger partial charge is 0.462 e. The predicted octanol–water partition coefficient (Wildman–Crippen LogP) is 18.3. The molecule has 0 rings (SSSR count). The zero-order valence-corrected chi connectivity index (χ0v) is 55.8. The second-order valence-electron chi connectivity index (χ2n) is 23.2. The molecule has 0 bridgehead atoms. The molecule has 0 radical (unpaired) electrons. The van der Waals surface area contributed by atoms with Crippen LogP contribution in [0.15, 0.2) is 24.3 Å². The first-order chi connectivity index (χ1) is 41.2. The van der Waals surface area contributed by atoms with Crippen LogP contribution in [0.25, 0.3) is 0 Å². The number of ether oxygens (including phenoxy) is 4. The van der Waals surface area contributed by atoms with Gasteiger partial charge in [0.1, 0.15) is 19.3 Å². The predicted molar refractivity (Wildman–Crippen MR) is 340 cm³/mol. The summed E-state index contributed by atoms with van der Waals surface area (Å²) in [6.07, 6.45) is 50.4. The van der Waals surface area contributed by atoms with Gasteiger partial charge < -0.3 is 33.8 Å².